The predicted octanol–water partition coefficient (Wildman–Crippen LogP) is 1.58. The normalized spacial score (nSPS) is 13.9. The van der Waals surface area contributed by atoms with Crippen molar-refractivity contribution < 1.29 is 23.2 Å². The highest BCUT2D eigenvalue weighted by molar-refractivity contribution is 5.96. The van der Waals surface area contributed by atoms with E-state index in [0.717, 1.165) is 0 Å². The number of amides is 2. The Bertz CT molecular complexity index is 799. The summed E-state index contributed by atoms with van der Waals surface area (Å²) in [5.74, 6) is 0.0310. The van der Waals surface area contributed by atoms with Gasteiger partial charge in [-0.1, -0.05) is 5.16 Å². The fraction of sp³-hybridized carbons (Fsp3) is 0.353. The Kier molecular flexibility index (Phi) is 4.69. The van der Waals surface area contributed by atoms with Gasteiger partial charge in [0.05, 0.1) is 5.69 Å². The molecule has 25 heavy (non-hydrogen) atoms. The summed E-state index contributed by atoms with van der Waals surface area (Å²) in [5, 5.41) is 6.48. The zero-order chi connectivity index (χ0) is 18.0. The van der Waals surface area contributed by atoms with Crippen molar-refractivity contribution in [3.8, 4) is 5.75 Å². The van der Waals surface area contributed by atoms with E-state index in [1.807, 2.05) is 0 Å². The van der Waals surface area contributed by atoms with Gasteiger partial charge in [-0.05, 0) is 32.0 Å². The van der Waals surface area contributed by atoms with Crippen LogP contribution in [-0.4, -0.2) is 41.6 Å². The molecule has 1 aromatic heterocycles. The molecule has 0 bridgehead atoms. The molecule has 0 spiro atoms. The third-order valence-corrected chi connectivity index (χ3v) is 4.02. The van der Waals surface area contributed by atoms with Crippen LogP contribution in [0.1, 0.15) is 27.4 Å². The molecule has 0 unspecified atom stereocenters. The molecule has 0 atom stereocenters. The highest BCUT2D eigenvalue weighted by Crippen LogP contribution is 2.24. The average Bonchev–Trinajstić information content (AvgIpc) is 2.82. The first-order chi connectivity index (χ1) is 12.0. The molecule has 1 aliphatic heterocycles. The molecule has 1 aromatic carbocycles. The Hall–Kier alpha value is -2.90. The van der Waals surface area contributed by atoms with Crippen LogP contribution < -0.4 is 10.1 Å². The smallest absolute Gasteiger partial charge is 0.260 e. The molecule has 1 N–H and O–H groups in total. The fourth-order valence-corrected chi connectivity index (χ4v) is 2.74. The molecule has 0 fully saturated rings. The number of rotatable bonds is 4. The maximum absolute atomic E-state index is 13.4. The Morgan fingerprint density at radius 1 is 1.40 bits per heavy atom. The first-order valence-electron chi connectivity index (χ1n) is 7.86. The van der Waals surface area contributed by atoms with Crippen molar-refractivity contribution in [3.63, 3.8) is 0 Å². The summed E-state index contributed by atoms with van der Waals surface area (Å²) in [4.78, 5) is 25.9. The number of aryl methyl sites for hydroxylation is 2. The van der Waals surface area contributed by atoms with Crippen LogP contribution >= 0.6 is 0 Å². The third kappa shape index (κ3) is 3.62. The van der Waals surface area contributed by atoms with Crippen molar-refractivity contribution in [2.75, 3.05) is 19.7 Å². The molecular weight excluding hydrogens is 329 g/mol. The minimum atomic E-state index is -0.386. The van der Waals surface area contributed by atoms with E-state index in [9.17, 15) is 14.0 Å². The summed E-state index contributed by atoms with van der Waals surface area (Å²) in [6.45, 7) is 4.00. The second-order valence-electron chi connectivity index (χ2n) is 5.81. The van der Waals surface area contributed by atoms with Crippen LogP contribution in [0.2, 0.25) is 0 Å². The standard InChI is InChI=1S/C17H18FN3O4/c1-10-16(11(2)25-20-10)17(23)19-5-6-21-8-12-7-13(18)3-4-14(12)24-9-15(21)22/h3-4,7H,5-6,8-9H2,1-2H3,(H,19,23). The van der Waals surface area contributed by atoms with Gasteiger partial charge in [-0.15, -0.1) is 0 Å². The first kappa shape index (κ1) is 16.9. The van der Waals surface area contributed by atoms with E-state index in [-0.39, 0.29) is 43.9 Å². The van der Waals surface area contributed by atoms with Gasteiger partial charge in [-0.3, -0.25) is 9.59 Å². The summed E-state index contributed by atoms with van der Waals surface area (Å²) in [7, 11) is 0. The van der Waals surface area contributed by atoms with Gasteiger partial charge in [0.2, 0.25) is 0 Å². The van der Waals surface area contributed by atoms with Gasteiger partial charge in [-0.25, -0.2) is 4.39 Å². The second kappa shape index (κ2) is 6.92. The topological polar surface area (TPSA) is 84.7 Å². The van der Waals surface area contributed by atoms with Crippen molar-refractivity contribution in [1.82, 2.24) is 15.4 Å². The lowest BCUT2D eigenvalue weighted by atomic mass is 10.2. The van der Waals surface area contributed by atoms with Gasteiger partial charge in [0.1, 0.15) is 22.9 Å². The summed E-state index contributed by atoms with van der Waals surface area (Å²) in [5.41, 5.74) is 1.51. The van der Waals surface area contributed by atoms with Gasteiger partial charge >= 0.3 is 0 Å². The summed E-state index contributed by atoms with van der Waals surface area (Å²) in [6, 6.07) is 4.16. The molecular formula is C17H18FN3O4. The van der Waals surface area contributed by atoms with Gasteiger partial charge in [-0.2, -0.15) is 0 Å². The van der Waals surface area contributed by atoms with Crippen LogP contribution in [0.15, 0.2) is 22.7 Å². The lowest BCUT2D eigenvalue weighted by molar-refractivity contribution is -0.133. The molecule has 2 amide bonds. The summed E-state index contributed by atoms with van der Waals surface area (Å²) >= 11 is 0. The Balaban J connectivity index is 1.62. The molecule has 0 saturated carbocycles. The molecule has 1 aliphatic rings. The number of benzene rings is 1. The highest BCUT2D eigenvalue weighted by atomic mass is 19.1. The first-order valence-corrected chi connectivity index (χ1v) is 7.86. The van der Waals surface area contributed by atoms with Crippen LogP contribution in [0.3, 0.4) is 0 Å². The number of nitrogens with one attached hydrogen (secondary N) is 1. The molecule has 0 saturated heterocycles. The number of hydrogen-bond acceptors (Lipinski definition) is 5. The zero-order valence-electron chi connectivity index (χ0n) is 14.0. The van der Waals surface area contributed by atoms with Crippen molar-refractivity contribution in [2.45, 2.75) is 20.4 Å². The van der Waals surface area contributed by atoms with Crippen molar-refractivity contribution in [2.24, 2.45) is 0 Å². The minimum absolute atomic E-state index is 0.115. The zero-order valence-corrected chi connectivity index (χ0v) is 14.0. The van der Waals surface area contributed by atoms with Crippen LogP contribution in [0.4, 0.5) is 4.39 Å². The van der Waals surface area contributed by atoms with Gasteiger partial charge in [0.25, 0.3) is 11.8 Å². The summed E-state index contributed by atoms with van der Waals surface area (Å²) in [6.07, 6.45) is 0. The molecule has 2 heterocycles. The van der Waals surface area contributed by atoms with Crippen LogP contribution in [0.5, 0.6) is 5.75 Å². The molecule has 132 valence electrons. The molecule has 0 radical (unpaired) electrons. The van der Waals surface area contributed by atoms with Gasteiger partial charge in [0.15, 0.2) is 6.61 Å². The van der Waals surface area contributed by atoms with E-state index in [2.05, 4.69) is 10.5 Å². The molecule has 2 aromatic rings. The number of carbonyl (C=O) groups is 2. The van der Waals surface area contributed by atoms with E-state index in [1.54, 1.807) is 13.8 Å². The maximum atomic E-state index is 13.4. The van der Waals surface area contributed by atoms with Crippen molar-refractivity contribution >= 4 is 11.8 Å². The lowest BCUT2D eigenvalue weighted by Crippen LogP contribution is -2.39. The van der Waals surface area contributed by atoms with Crippen molar-refractivity contribution in [3.05, 3.63) is 46.6 Å². The van der Waals surface area contributed by atoms with E-state index in [0.29, 0.717) is 28.3 Å². The van der Waals surface area contributed by atoms with Crippen LogP contribution in [0.25, 0.3) is 0 Å². The van der Waals surface area contributed by atoms with Gasteiger partial charge < -0.3 is 19.5 Å². The Morgan fingerprint density at radius 2 is 2.20 bits per heavy atom. The van der Waals surface area contributed by atoms with Crippen molar-refractivity contribution in [1.29, 1.82) is 0 Å². The molecule has 8 heteroatoms. The minimum Gasteiger partial charge on any atom is -0.483 e. The fourth-order valence-electron chi connectivity index (χ4n) is 2.74. The SMILES string of the molecule is Cc1noc(C)c1C(=O)NCCN1Cc2cc(F)ccc2OCC1=O. The second-order valence-corrected chi connectivity index (χ2v) is 5.81. The highest BCUT2D eigenvalue weighted by Gasteiger charge is 2.22. The molecule has 7 nitrogen and oxygen atoms in total. The number of aromatic nitrogens is 1. The number of nitrogens with zero attached hydrogens (tertiary/aromatic N) is 2. The number of carbonyl (C=O) groups excluding carboxylic acids is 2. The maximum Gasteiger partial charge on any atom is 0.260 e. The Labute approximate surface area is 143 Å². The van der Waals surface area contributed by atoms with E-state index >= 15 is 0 Å². The van der Waals surface area contributed by atoms with Crippen LogP contribution in [-0.2, 0) is 11.3 Å². The average molecular weight is 347 g/mol. The third-order valence-electron chi connectivity index (χ3n) is 4.02. The van der Waals surface area contributed by atoms with E-state index in [4.69, 9.17) is 9.26 Å². The van der Waals surface area contributed by atoms with Crippen LogP contribution in [0, 0.1) is 19.7 Å². The predicted molar refractivity (Wildman–Crippen MR) is 85.6 cm³/mol. The quantitative estimate of drug-likeness (QED) is 0.908. The molecule has 3 rings (SSSR count). The van der Waals surface area contributed by atoms with E-state index < -0.39 is 0 Å². The molecule has 0 aliphatic carbocycles. The number of ether oxygens (including phenoxy) is 1. The monoisotopic (exact) mass is 347 g/mol. The number of hydrogen-bond donors (Lipinski definition) is 1. The van der Waals surface area contributed by atoms with Gasteiger partial charge in [0, 0.05) is 25.2 Å². The number of fused-ring (bicyclic) bond motifs is 1. The summed E-state index contributed by atoms with van der Waals surface area (Å²) < 4.78 is 23.8. The van der Waals surface area contributed by atoms with E-state index in [1.165, 1.54) is 23.1 Å². The largest absolute Gasteiger partial charge is 0.483 e. The Morgan fingerprint density at radius 3 is 2.92 bits per heavy atom. The number of halogens is 1. The lowest BCUT2D eigenvalue weighted by Gasteiger charge is -2.20.